The van der Waals surface area contributed by atoms with Crippen LogP contribution in [0.4, 0.5) is 0 Å². The van der Waals surface area contributed by atoms with Gasteiger partial charge in [-0.3, -0.25) is 9.89 Å². The van der Waals surface area contributed by atoms with Crippen LogP contribution in [-0.2, 0) is 14.2 Å². The molecule has 144 valence electrons. The highest BCUT2D eigenvalue weighted by atomic mass is 127. The largest absolute Gasteiger partial charge is 0.382 e. The number of guanidine groups is 1. The highest BCUT2D eigenvalue weighted by Crippen LogP contribution is 2.14. The van der Waals surface area contributed by atoms with E-state index in [-0.39, 0.29) is 29.5 Å². The molecule has 1 rings (SSSR count). The Morgan fingerprint density at radius 1 is 1.17 bits per heavy atom. The van der Waals surface area contributed by atoms with Gasteiger partial charge in [0.05, 0.1) is 26.4 Å². The highest BCUT2D eigenvalue weighted by molar-refractivity contribution is 14.0. The third-order valence-electron chi connectivity index (χ3n) is 3.97. The van der Waals surface area contributed by atoms with Crippen LogP contribution >= 0.6 is 24.0 Å². The summed E-state index contributed by atoms with van der Waals surface area (Å²) in [5.74, 6) is 0.836. The first-order chi connectivity index (χ1) is 11.1. The molecule has 1 fully saturated rings. The number of ether oxygens (including phenoxy) is 3. The van der Waals surface area contributed by atoms with E-state index in [0.29, 0.717) is 13.2 Å². The van der Waals surface area contributed by atoms with Gasteiger partial charge in [0.15, 0.2) is 5.96 Å². The van der Waals surface area contributed by atoms with E-state index in [0.717, 1.165) is 58.4 Å². The lowest BCUT2D eigenvalue weighted by Crippen LogP contribution is -2.56. The van der Waals surface area contributed by atoms with Gasteiger partial charge in [-0.05, 0) is 20.3 Å². The summed E-state index contributed by atoms with van der Waals surface area (Å²) in [6.45, 7) is 11.8. The molecule has 8 heteroatoms. The number of hydrogen-bond donors (Lipinski definition) is 2. The van der Waals surface area contributed by atoms with Crippen molar-refractivity contribution in [3.05, 3.63) is 0 Å². The van der Waals surface area contributed by atoms with Gasteiger partial charge in [0.2, 0.25) is 0 Å². The maximum Gasteiger partial charge on any atom is 0.191 e. The summed E-state index contributed by atoms with van der Waals surface area (Å²) in [7, 11) is 3.48. The molecule has 0 radical (unpaired) electrons. The summed E-state index contributed by atoms with van der Waals surface area (Å²) < 4.78 is 15.8. The monoisotopic (exact) mass is 458 g/mol. The first-order valence-corrected chi connectivity index (χ1v) is 8.44. The minimum atomic E-state index is 0. The molecule has 7 nitrogen and oxygen atoms in total. The van der Waals surface area contributed by atoms with Crippen molar-refractivity contribution in [3.8, 4) is 0 Å². The number of aliphatic imine (C=N–C) groups is 1. The Morgan fingerprint density at radius 3 is 2.50 bits per heavy atom. The summed E-state index contributed by atoms with van der Waals surface area (Å²) in [5, 5.41) is 6.73. The van der Waals surface area contributed by atoms with Crippen LogP contribution in [0.2, 0.25) is 0 Å². The second-order valence-electron chi connectivity index (χ2n) is 6.22. The highest BCUT2D eigenvalue weighted by Gasteiger charge is 2.28. The van der Waals surface area contributed by atoms with Gasteiger partial charge in [0.1, 0.15) is 0 Å². The van der Waals surface area contributed by atoms with E-state index in [9.17, 15) is 0 Å². The average Bonchev–Trinajstić information content (AvgIpc) is 2.57. The maximum atomic E-state index is 5.44. The van der Waals surface area contributed by atoms with E-state index in [1.165, 1.54) is 0 Å². The summed E-state index contributed by atoms with van der Waals surface area (Å²) >= 11 is 0. The van der Waals surface area contributed by atoms with Crippen molar-refractivity contribution >= 4 is 29.9 Å². The van der Waals surface area contributed by atoms with Gasteiger partial charge in [-0.15, -0.1) is 24.0 Å². The Kier molecular flexibility index (Phi) is 14.0. The molecule has 0 atom stereocenters. The van der Waals surface area contributed by atoms with Crippen LogP contribution in [0.15, 0.2) is 4.99 Å². The Labute approximate surface area is 163 Å². The summed E-state index contributed by atoms with van der Waals surface area (Å²) in [6, 6.07) is 0. The Bertz CT molecular complexity index is 337. The lowest BCUT2D eigenvalue weighted by atomic mass is 10.0. The third-order valence-corrected chi connectivity index (χ3v) is 3.97. The van der Waals surface area contributed by atoms with Crippen molar-refractivity contribution < 1.29 is 14.2 Å². The number of methoxy groups -OCH3 is 1. The molecular formula is C16H35IN4O3. The molecule has 0 aromatic heterocycles. The third kappa shape index (κ3) is 9.97. The first kappa shape index (κ1) is 23.8. The van der Waals surface area contributed by atoms with Crippen LogP contribution in [0, 0.1) is 0 Å². The molecule has 0 amide bonds. The predicted octanol–water partition coefficient (Wildman–Crippen LogP) is 0.933. The zero-order chi connectivity index (χ0) is 17.0. The van der Waals surface area contributed by atoms with E-state index in [1.54, 1.807) is 14.2 Å². The zero-order valence-electron chi connectivity index (χ0n) is 15.6. The smallest absolute Gasteiger partial charge is 0.191 e. The SMILES string of the molecule is CN=C(NCCCOCCOC)NCC(C)(C)N1CCOCC1.I. The van der Waals surface area contributed by atoms with Gasteiger partial charge >= 0.3 is 0 Å². The number of halogens is 1. The molecule has 0 unspecified atom stereocenters. The molecule has 0 aromatic carbocycles. The van der Waals surface area contributed by atoms with Gasteiger partial charge in [0.25, 0.3) is 0 Å². The number of hydrogen-bond acceptors (Lipinski definition) is 5. The second-order valence-corrected chi connectivity index (χ2v) is 6.22. The topological polar surface area (TPSA) is 67.4 Å². The van der Waals surface area contributed by atoms with Crippen molar-refractivity contribution in [3.63, 3.8) is 0 Å². The fraction of sp³-hybridized carbons (Fsp3) is 0.938. The summed E-state index contributed by atoms with van der Waals surface area (Å²) in [6.07, 6.45) is 0.942. The van der Waals surface area contributed by atoms with Crippen LogP contribution in [0.25, 0.3) is 0 Å². The minimum Gasteiger partial charge on any atom is -0.382 e. The molecule has 0 bridgehead atoms. The maximum absolute atomic E-state index is 5.44. The minimum absolute atomic E-state index is 0. The summed E-state index contributed by atoms with van der Waals surface area (Å²) in [5.41, 5.74) is 0.0741. The Morgan fingerprint density at radius 2 is 1.88 bits per heavy atom. The second kappa shape index (κ2) is 14.1. The van der Waals surface area contributed by atoms with Crippen LogP contribution in [0.1, 0.15) is 20.3 Å². The standard InChI is InChI=1S/C16H34N4O3.HI/c1-16(2,20-7-10-23-11-8-20)14-19-15(17-3)18-6-5-9-22-13-12-21-4;/h5-14H2,1-4H3,(H2,17,18,19);1H. The van der Waals surface area contributed by atoms with Crippen molar-refractivity contribution in [2.45, 2.75) is 25.8 Å². The van der Waals surface area contributed by atoms with E-state index < -0.39 is 0 Å². The van der Waals surface area contributed by atoms with Crippen LogP contribution in [0.3, 0.4) is 0 Å². The fourth-order valence-electron chi connectivity index (χ4n) is 2.43. The van der Waals surface area contributed by atoms with Gasteiger partial charge < -0.3 is 24.8 Å². The molecule has 24 heavy (non-hydrogen) atoms. The quantitative estimate of drug-likeness (QED) is 0.220. The van der Waals surface area contributed by atoms with E-state index in [2.05, 4.69) is 34.4 Å². The van der Waals surface area contributed by atoms with Gasteiger partial charge in [-0.2, -0.15) is 0 Å². The average molecular weight is 458 g/mol. The molecule has 0 spiro atoms. The molecule has 2 N–H and O–H groups in total. The molecule has 1 saturated heterocycles. The summed E-state index contributed by atoms with van der Waals surface area (Å²) in [4.78, 5) is 6.73. The Balaban J connectivity index is 0.00000529. The number of rotatable bonds is 10. The Hall–Kier alpha value is -0.160. The van der Waals surface area contributed by atoms with Gasteiger partial charge in [-0.1, -0.05) is 0 Å². The number of nitrogens with zero attached hydrogens (tertiary/aromatic N) is 2. The van der Waals surface area contributed by atoms with E-state index >= 15 is 0 Å². The molecule has 1 aliphatic heterocycles. The lowest BCUT2D eigenvalue weighted by Gasteiger charge is -2.41. The lowest BCUT2D eigenvalue weighted by molar-refractivity contribution is -0.00834. The fourth-order valence-corrected chi connectivity index (χ4v) is 2.43. The first-order valence-electron chi connectivity index (χ1n) is 8.44. The van der Waals surface area contributed by atoms with Crippen molar-refractivity contribution in [1.29, 1.82) is 0 Å². The normalized spacial score (nSPS) is 16.6. The zero-order valence-corrected chi connectivity index (χ0v) is 17.9. The molecule has 0 aliphatic carbocycles. The van der Waals surface area contributed by atoms with E-state index in [4.69, 9.17) is 14.2 Å². The predicted molar refractivity (Wildman–Crippen MR) is 109 cm³/mol. The van der Waals surface area contributed by atoms with Crippen molar-refractivity contribution in [2.24, 2.45) is 4.99 Å². The molecule has 1 aliphatic rings. The van der Waals surface area contributed by atoms with Crippen LogP contribution in [0.5, 0.6) is 0 Å². The number of nitrogens with one attached hydrogen (secondary N) is 2. The molecule has 0 saturated carbocycles. The van der Waals surface area contributed by atoms with Crippen LogP contribution < -0.4 is 10.6 Å². The molecular weight excluding hydrogens is 423 g/mol. The molecule has 0 aromatic rings. The van der Waals surface area contributed by atoms with Gasteiger partial charge in [-0.25, -0.2) is 0 Å². The van der Waals surface area contributed by atoms with Gasteiger partial charge in [0, 0.05) is 52.5 Å². The van der Waals surface area contributed by atoms with Crippen molar-refractivity contribution in [2.75, 3.05) is 73.4 Å². The molecule has 1 heterocycles. The van der Waals surface area contributed by atoms with Crippen LogP contribution in [-0.4, -0.2) is 89.8 Å². The number of morpholine rings is 1. The van der Waals surface area contributed by atoms with E-state index in [1.807, 2.05) is 0 Å². The van der Waals surface area contributed by atoms with Crippen molar-refractivity contribution in [1.82, 2.24) is 15.5 Å².